The van der Waals surface area contributed by atoms with E-state index < -0.39 is 6.04 Å². The fourth-order valence-electron chi connectivity index (χ4n) is 2.47. The minimum Gasteiger partial charge on any atom is -0.347 e. The first-order valence-corrected chi connectivity index (χ1v) is 8.88. The third kappa shape index (κ3) is 8.98. The highest BCUT2D eigenvalue weighted by atomic mass is 16.2. The van der Waals surface area contributed by atoms with E-state index in [1.807, 2.05) is 0 Å². The van der Waals surface area contributed by atoms with Gasteiger partial charge in [-0.15, -0.1) is 0 Å². The van der Waals surface area contributed by atoms with E-state index in [4.69, 9.17) is 11.5 Å². The number of unbranched alkanes of at least 4 members (excludes halogenated alkanes) is 1. The van der Waals surface area contributed by atoms with Crippen molar-refractivity contribution < 1.29 is 14.4 Å². The lowest BCUT2D eigenvalue weighted by atomic mass is 9.97. The van der Waals surface area contributed by atoms with Gasteiger partial charge in [-0.3, -0.25) is 14.4 Å². The fourth-order valence-corrected chi connectivity index (χ4v) is 2.47. The number of hydrogen-bond acceptors (Lipinski definition) is 5. The van der Waals surface area contributed by atoms with Crippen molar-refractivity contribution in [3.8, 4) is 0 Å². The average molecular weight is 342 g/mol. The van der Waals surface area contributed by atoms with Gasteiger partial charge in [0.05, 0.1) is 12.6 Å². The van der Waals surface area contributed by atoms with Gasteiger partial charge in [0, 0.05) is 11.8 Å². The van der Waals surface area contributed by atoms with Crippen LogP contribution in [0.4, 0.5) is 0 Å². The van der Waals surface area contributed by atoms with Crippen molar-refractivity contribution in [2.75, 3.05) is 19.6 Å². The Balaban J connectivity index is 4.47. The number of ketones is 1. The SMILES string of the molecule is CCCCC(CCN)C(=O)NCC(=O)NC(CCN)C(=O)C(C)C. The van der Waals surface area contributed by atoms with Crippen LogP contribution in [0.25, 0.3) is 0 Å². The van der Waals surface area contributed by atoms with Crippen LogP contribution >= 0.6 is 0 Å². The molecule has 0 saturated carbocycles. The van der Waals surface area contributed by atoms with E-state index in [1.54, 1.807) is 13.8 Å². The molecule has 0 saturated heterocycles. The molecule has 0 rings (SSSR count). The van der Waals surface area contributed by atoms with Crippen LogP contribution in [0.1, 0.15) is 52.9 Å². The summed E-state index contributed by atoms with van der Waals surface area (Å²) >= 11 is 0. The maximum Gasteiger partial charge on any atom is 0.239 e. The van der Waals surface area contributed by atoms with Crippen LogP contribution in [-0.2, 0) is 14.4 Å². The lowest BCUT2D eigenvalue weighted by Crippen LogP contribution is -2.48. The van der Waals surface area contributed by atoms with Gasteiger partial charge < -0.3 is 22.1 Å². The second-order valence-electron chi connectivity index (χ2n) is 6.39. The second kappa shape index (κ2) is 12.9. The Morgan fingerprint density at radius 2 is 1.62 bits per heavy atom. The van der Waals surface area contributed by atoms with Crippen molar-refractivity contribution in [1.29, 1.82) is 0 Å². The monoisotopic (exact) mass is 342 g/mol. The molecule has 7 heteroatoms. The Kier molecular flexibility index (Phi) is 12.1. The van der Waals surface area contributed by atoms with Crippen molar-refractivity contribution in [2.45, 2.75) is 58.9 Å². The topological polar surface area (TPSA) is 127 Å². The van der Waals surface area contributed by atoms with Crippen molar-refractivity contribution in [3.05, 3.63) is 0 Å². The van der Waals surface area contributed by atoms with Gasteiger partial charge in [0.2, 0.25) is 11.8 Å². The molecule has 0 aromatic heterocycles. The van der Waals surface area contributed by atoms with Gasteiger partial charge in [0.25, 0.3) is 0 Å². The minimum absolute atomic E-state index is 0.0518. The van der Waals surface area contributed by atoms with Crippen LogP contribution < -0.4 is 22.1 Å². The summed E-state index contributed by atoms with van der Waals surface area (Å²) in [6, 6.07) is -0.598. The smallest absolute Gasteiger partial charge is 0.239 e. The molecule has 6 N–H and O–H groups in total. The predicted molar refractivity (Wildman–Crippen MR) is 95.1 cm³/mol. The first kappa shape index (κ1) is 22.5. The molecule has 0 aromatic rings. The van der Waals surface area contributed by atoms with Gasteiger partial charge in [-0.25, -0.2) is 0 Å². The number of nitrogens with one attached hydrogen (secondary N) is 2. The van der Waals surface area contributed by atoms with Crippen LogP contribution in [0.3, 0.4) is 0 Å². The lowest BCUT2D eigenvalue weighted by molar-refractivity contribution is -0.131. The van der Waals surface area contributed by atoms with Crippen molar-refractivity contribution in [2.24, 2.45) is 23.3 Å². The molecule has 0 aliphatic carbocycles. The first-order valence-electron chi connectivity index (χ1n) is 8.88. The normalized spacial score (nSPS) is 13.4. The molecule has 0 heterocycles. The van der Waals surface area contributed by atoms with Crippen molar-refractivity contribution in [3.63, 3.8) is 0 Å². The van der Waals surface area contributed by atoms with Crippen molar-refractivity contribution in [1.82, 2.24) is 10.6 Å². The second-order valence-corrected chi connectivity index (χ2v) is 6.39. The summed E-state index contributed by atoms with van der Waals surface area (Å²) in [5.41, 5.74) is 11.0. The quantitative estimate of drug-likeness (QED) is 0.383. The summed E-state index contributed by atoms with van der Waals surface area (Å²) in [6.07, 6.45) is 3.72. The molecule has 0 radical (unpaired) electrons. The Labute approximate surface area is 145 Å². The van der Waals surface area contributed by atoms with E-state index in [0.29, 0.717) is 25.9 Å². The fraction of sp³-hybridized carbons (Fsp3) is 0.824. The number of carbonyl (C=O) groups excluding carboxylic acids is 3. The number of amides is 2. The molecule has 0 bridgehead atoms. The van der Waals surface area contributed by atoms with Gasteiger partial charge in [-0.05, 0) is 32.4 Å². The highest BCUT2D eigenvalue weighted by molar-refractivity contribution is 5.92. The third-order valence-corrected chi connectivity index (χ3v) is 3.92. The van der Waals surface area contributed by atoms with E-state index in [0.717, 1.165) is 19.3 Å². The summed E-state index contributed by atoms with van der Waals surface area (Å²) in [5.74, 6) is -0.934. The molecule has 2 unspecified atom stereocenters. The number of Topliss-reactive ketones (excluding diaryl/α,β-unsaturated/α-hetero) is 1. The maximum atomic E-state index is 12.2. The zero-order valence-corrected chi connectivity index (χ0v) is 15.3. The molecule has 7 nitrogen and oxygen atoms in total. The zero-order valence-electron chi connectivity index (χ0n) is 15.3. The van der Waals surface area contributed by atoms with E-state index in [9.17, 15) is 14.4 Å². The standard InChI is InChI=1S/C17H34N4O3/c1-4-5-6-13(7-9-18)17(24)20-11-15(22)21-14(8-10-19)16(23)12(2)3/h12-14H,4-11,18-19H2,1-3H3,(H,20,24)(H,21,22). The Morgan fingerprint density at radius 1 is 1.00 bits per heavy atom. The molecule has 0 spiro atoms. The molecular formula is C17H34N4O3. The lowest BCUT2D eigenvalue weighted by Gasteiger charge is -2.20. The van der Waals surface area contributed by atoms with E-state index in [-0.39, 0.29) is 36.0 Å². The molecule has 2 amide bonds. The molecule has 2 atom stereocenters. The highest BCUT2D eigenvalue weighted by Gasteiger charge is 2.23. The molecule has 24 heavy (non-hydrogen) atoms. The van der Waals surface area contributed by atoms with Gasteiger partial charge >= 0.3 is 0 Å². The van der Waals surface area contributed by atoms with Gasteiger partial charge in [-0.2, -0.15) is 0 Å². The van der Waals surface area contributed by atoms with E-state index in [1.165, 1.54) is 0 Å². The zero-order chi connectivity index (χ0) is 18.5. The van der Waals surface area contributed by atoms with Crippen LogP contribution in [0.2, 0.25) is 0 Å². The molecule has 0 aliphatic rings. The average Bonchev–Trinajstić information content (AvgIpc) is 2.55. The van der Waals surface area contributed by atoms with E-state index in [2.05, 4.69) is 17.6 Å². The highest BCUT2D eigenvalue weighted by Crippen LogP contribution is 2.12. The Hall–Kier alpha value is -1.47. The minimum atomic E-state index is -0.598. The number of hydrogen-bond donors (Lipinski definition) is 4. The van der Waals surface area contributed by atoms with Gasteiger partial charge in [0.1, 0.15) is 0 Å². The number of carbonyl (C=O) groups is 3. The Bertz CT molecular complexity index is 399. The predicted octanol–water partition coefficient (Wildman–Crippen LogP) is 0.317. The summed E-state index contributed by atoms with van der Waals surface area (Å²) in [6.45, 7) is 6.24. The number of nitrogens with two attached hydrogens (primary N) is 2. The molecule has 140 valence electrons. The summed E-state index contributed by atoms with van der Waals surface area (Å²) in [7, 11) is 0. The molecule has 0 aliphatic heterocycles. The number of rotatable bonds is 13. The van der Waals surface area contributed by atoms with Crippen LogP contribution in [-0.4, -0.2) is 43.3 Å². The van der Waals surface area contributed by atoms with Crippen molar-refractivity contribution >= 4 is 17.6 Å². The van der Waals surface area contributed by atoms with Gasteiger partial charge in [-0.1, -0.05) is 33.6 Å². The summed E-state index contributed by atoms with van der Waals surface area (Å²) in [4.78, 5) is 36.2. The summed E-state index contributed by atoms with van der Waals surface area (Å²) in [5, 5.41) is 5.30. The third-order valence-electron chi connectivity index (χ3n) is 3.92. The van der Waals surface area contributed by atoms with Crippen LogP contribution in [0.15, 0.2) is 0 Å². The van der Waals surface area contributed by atoms with Crippen LogP contribution in [0, 0.1) is 11.8 Å². The van der Waals surface area contributed by atoms with E-state index >= 15 is 0 Å². The largest absolute Gasteiger partial charge is 0.347 e. The first-order chi connectivity index (χ1) is 11.4. The molecule has 0 aromatic carbocycles. The Morgan fingerprint density at radius 3 is 2.12 bits per heavy atom. The molecule has 0 fully saturated rings. The summed E-state index contributed by atoms with van der Waals surface area (Å²) < 4.78 is 0. The maximum absolute atomic E-state index is 12.2. The molecular weight excluding hydrogens is 308 g/mol. The van der Waals surface area contributed by atoms with Crippen LogP contribution in [0.5, 0.6) is 0 Å². The van der Waals surface area contributed by atoms with Gasteiger partial charge in [0.15, 0.2) is 5.78 Å².